The number of benzene rings is 1. The number of carbonyl (C=O) groups is 1. The highest BCUT2D eigenvalue weighted by Crippen LogP contribution is 2.23. The minimum Gasteiger partial charge on any atom is -0.398 e. The molecule has 0 aliphatic carbocycles. The van der Waals surface area contributed by atoms with Crippen molar-refractivity contribution < 1.29 is 9.53 Å². The molecule has 6 heteroatoms. The number of ketones is 1. The van der Waals surface area contributed by atoms with Crippen molar-refractivity contribution in [1.82, 2.24) is 10.2 Å². The predicted molar refractivity (Wildman–Crippen MR) is 79.8 cm³/mol. The molecule has 0 bridgehead atoms. The lowest BCUT2D eigenvalue weighted by molar-refractivity contribution is -0.132. The van der Waals surface area contributed by atoms with Gasteiger partial charge in [0.1, 0.15) is 6.10 Å². The van der Waals surface area contributed by atoms with Crippen LogP contribution in [0.2, 0.25) is 5.02 Å². The lowest BCUT2D eigenvalue weighted by atomic mass is 10.1. The summed E-state index contributed by atoms with van der Waals surface area (Å²) in [6, 6.07) is 5.43. The van der Waals surface area contributed by atoms with E-state index in [4.69, 9.17) is 22.1 Å². The van der Waals surface area contributed by atoms with E-state index in [2.05, 4.69) is 5.32 Å². The monoisotopic (exact) mass is 297 g/mol. The third-order valence-electron chi connectivity index (χ3n) is 3.30. The Hall–Kier alpha value is -1.14. The molecule has 1 heterocycles. The molecule has 5 nitrogen and oxygen atoms in total. The highest BCUT2D eigenvalue weighted by atomic mass is 35.5. The molecule has 1 unspecified atom stereocenters. The van der Waals surface area contributed by atoms with Crippen LogP contribution in [0.5, 0.6) is 0 Å². The van der Waals surface area contributed by atoms with Gasteiger partial charge in [0.2, 0.25) is 0 Å². The van der Waals surface area contributed by atoms with Crippen molar-refractivity contribution >= 4 is 23.1 Å². The Bertz CT molecular complexity index is 455. The minimum absolute atomic E-state index is 0.0744. The lowest BCUT2D eigenvalue weighted by Gasteiger charge is -2.25. The molecule has 1 aromatic rings. The predicted octanol–water partition coefficient (Wildman–Crippen LogP) is 0.912. The highest BCUT2D eigenvalue weighted by molar-refractivity contribution is 6.31. The van der Waals surface area contributed by atoms with E-state index < -0.39 is 0 Å². The van der Waals surface area contributed by atoms with Crippen LogP contribution in [0.4, 0.5) is 5.69 Å². The molecule has 1 saturated heterocycles. The number of anilines is 1. The van der Waals surface area contributed by atoms with Gasteiger partial charge in [0, 0.05) is 35.9 Å². The first-order chi connectivity index (χ1) is 9.58. The Morgan fingerprint density at radius 1 is 1.60 bits per heavy atom. The molecule has 20 heavy (non-hydrogen) atoms. The van der Waals surface area contributed by atoms with E-state index in [0.29, 0.717) is 37.0 Å². The van der Waals surface area contributed by atoms with E-state index in [1.54, 1.807) is 6.07 Å². The summed E-state index contributed by atoms with van der Waals surface area (Å²) in [6.45, 7) is 2.82. The molecule has 3 N–H and O–H groups in total. The number of nitrogen functional groups attached to an aromatic ring is 1. The average Bonchev–Trinajstić information content (AvgIpc) is 2.44. The van der Waals surface area contributed by atoms with E-state index in [1.807, 2.05) is 24.1 Å². The number of morpholine rings is 1. The summed E-state index contributed by atoms with van der Waals surface area (Å²) in [5.74, 6) is 0.0744. The number of hydrogen-bond donors (Lipinski definition) is 2. The maximum absolute atomic E-state index is 12.1. The first kappa shape index (κ1) is 15.3. The molecule has 0 amide bonds. The molecule has 0 spiro atoms. The van der Waals surface area contributed by atoms with Crippen LogP contribution in [-0.2, 0) is 16.1 Å². The van der Waals surface area contributed by atoms with Crippen LogP contribution in [0.3, 0.4) is 0 Å². The topological polar surface area (TPSA) is 67.6 Å². The van der Waals surface area contributed by atoms with Gasteiger partial charge in [-0.25, -0.2) is 0 Å². The quantitative estimate of drug-likeness (QED) is 0.791. The van der Waals surface area contributed by atoms with Crippen molar-refractivity contribution in [3.63, 3.8) is 0 Å². The molecule has 0 saturated carbocycles. The number of hydrogen-bond acceptors (Lipinski definition) is 5. The standard InChI is InChI=1S/C14H20ClN3O2/c1-18(8-10-11(15)3-2-4-12(10)16)9-13(19)14-7-17-5-6-20-14/h2-4,14,17H,5-9,16H2,1H3. The normalized spacial score (nSPS) is 19.2. The van der Waals surface area contributed by atoms with E-state index in [9.17, 15) is 4.79 Å². The fraction of sp³-hybridized carbons (Fsp3) is 0.500. The van der Waals surface area contributed by atoms with Gasteiger partial charge in [-0.2, -0.15) is 0 Å². The summed E-state index contributed by atoms with van der Waals surface area (Å²) < 4.78 is 5.45. The summed E-state index contributed by atoms with van der Waals surface area (Å²) in [4.78, 5) is 14.0. The zero-order valence-electron chi connectivity index (χ0n) is 11.6. The van der Waals surface area contributed by atoms with Crippen LogP contribution < -0.4 is 11.1 Å². The summed E-state index contributed by atoms with van der Waals surface area (Å²) in [5, 5.41) is 3.78. The fourth-order valence-electron chi connectivity index (χ4n) is 2.21. The van der Waals surface area contributed by atoms with Gasteiger partial charge in [-0.3, -0.25) is 9.69 Å². The molecule has 1 atom stereocenters. The van der Waals surface area contributed by atoms with Crippen LogP contribution in [0.25, 0.3) is 0 Å². The third kappa shape index (κ3) is 3.93. The van der Waals surface area contributed by atoms with Crippen LogP contribution in [-0.4, -0.2) is 50.1 Å². The van der Waals surface area contributed by atoms with Crippen molar-refractivity contribution in [3.8, 4) is 0 Å². The Labute approximate surface area is 124 Å². The zero-order chi connectivity index (χ0) is 14.5. The zero-order valence-corrected chi connectivity index (χ0v) is 12.3. The number of halogens is 1. The number of nitrogens with one attached hydrogen (secondary N) is 1. The smallest absolute Gasteiger partial charge is 0.176 e. The maximum atomic E-state index is 12.1. The second kappa shape index (κ2) is 7.04. The highest BCUT2D eigenvalue weighted by Gasteiger charge is 2.23. The number of rotatable bonds is 5. The number of ether oxygens (including phenoxy) is 1. The molecule has 1 aromatic carbocycles. The average molecular weight is 298 g/mol. The second-order valence-electron chi connectivity index (χ2n) is 5.01. The lowest BCUT2D eigenvalue weighted by Crippen LogP contribution is -2.46. The molecule has 2 rings (SSSR count). The van der Waals surface area contributed by atoms with Gasteiger partial charge in [-0.1, -0.05) is 17.7 Å². The second-order valence-corrected chi connectivity index (χ2v) is 5.42. The van der Waals surface area contributed by atoms with E-state index >= 15 is 0 Å². The Kier molecular flexibility index (Phi) is 5.37. The van der Waals surface area contributed by atoms with Gasteiger partial charge in [0.15, 0.2) is 5.78 Å². The molecule has 1 aliphatic heterocycles. The van der Waals surface area contributed by atoms with E-state index in [1.165, 1.54) is 0 Å². The van der Waals surface area contributed by atoms with Crippen LogP contribution >= 0.6 is 11.6 Å². The van der Waals surface area contributed by atoms with Crippen molar-refractivity contribution in [3.05, 3.63) is 28.8 Å². The number of nitrogens with two attached hydrogens (primary N) is 1. The van der Waals surface area contributed by atoms with Crippen molar-refractivity contribution in [2.75, 3.05) is 39.0 Å². The Morgan fingerprint density at radius 2 is 2.40 bits per heavy atom. The number of nitrogens with zero attached hydrogens (tertiary/aromatic N) is 1. The summed E-state index contributed by atoms with van der Waals surface area (Å²) in [7, 11) is 1.87. The summed E-state index contributed by atoms with van der Waals surface area (Å²) >= 11 is 6.13. The molecular weight excluding hydrogens is 278 g/mol. The molecule has 110 valence electrons. The van der Waals surface area contributed by atoms with Crippen molar-refractivity contribution in [1.29, 1.82) is 0 Å². The Balaban J connectivity index is 1.91. The summed E-state index contributed by atoms with van der Waals surface area (Å²) in [5.41, 5.74) is 7.41. The SMILES string of the molecule is CN(CC(=O)C1CNCCO1)Cc1c(N)cccc1Cl. The Morgan fingerprint density at radius 3 is 3.05 bits per heavy atom. The van der Waals surface area contributed by atoms with E-state index in [-0.39, 0.29) is 11.9 Å². The van der Waals surface area contributed by atoms with Gasteiger partial charge >= 0.3 is 0 Å². The van der Waals surface area contributed by atoms with Crippen LogP contribution in [0.15, 0.2) is 18.2 Å². The van der Waals surface area contributed by atoms with Crippen LogP contribution in [0.1, 0.15) is 5.56 Å². The largest absolute Gasteiger partial charge is 0.398 e. The first-order valence-corrected chi connectivity index (χ1v) is 7.02. The molecule has 0 aromatic heterocycles. The fourth-order valence-corrected chi connectivity index (χ4v) is 2.45. The van der Waals surface area contributed by atoms with Gasteiger partial charge < -0.3 is 15.8 Å². The number of Topliss-reactive ketones (excluding diaryl/α,β-unsaturated/α-hetero) is 1. The van der Waals surface area contributed by atoms with Crippen molar-refractivity contribution in [2.24, 2.45) is 0 Å². The molecule has 1 fully saturated rings. The number of likely N-dealkylation sites (N-methyl/N-ethyl adjacent to an activating group) is 1. The number of carbonyl (C=O) groups excluding carboxylic acids is 1. The molecular formula is C14H20ClN3O2. The van der Waals surface area contributed by atoms with E-state index in [0.717, 1.165) is 12.1 Å². The summed E-state index contributed by atoms with van der Waals surface area (Å²) in [6.07, 6.45) is -0.352. The third-order valence-corrected chi connectivity index (χ3v) is 3.65. The van der Waals surface area contributed by atoms with Gasteiger partial charge in [-0.05, 0) is 19.2 Å². The van der Waals surface area contributed by atoms with Crippen molar-refractivity contribution in [2.45, 2.75) is 12.6 Å². The minimum atomic E-state index is -0.352. The van der Waals surface area contributed by atoms with Gasteiger partial charge in [0.05, 0.1) is 13.2 Å². The van der Waals surface area contributed by atoms with Gasteiger partial charge in [-0.15, -0.1) is 0 Å². The van der Waals surface area contributed by atoms with Crippen LogP contribution in [0, 0.1) is 0 Å². The molecule has 0 radical (unpaired) electrons. The van der Waals surface area contributed by atoms with Gasteiger partial charge in [0.25, 0.3) is 0 Å². The molecule has 1 aliphatic rings. The first-order valence-electron chi connectivity index (χ1n) is 6.64. The maximum Gasteiger partial charge on any atom is 0.176 e.